The molecule has 0 amide bonds. The fourth-order valence-corrected chi connectivity index (χ4v) is 2.44. The number of rotatable bonds is 2. The highest BCUT2D eigenvalue weighted by Crippen LogP contribution is 2.41. The number of halogens is 1. The van der Waals surface area contributed by atoms with Gasteiger partial charge in [0.1, 0.15) is 5.76 Å². The zero-order chi connectivity index (χ0) is 11.3. The van der Waals surface area contributed by atoms with Crippen LogP contribution in [0.5, 0.6) is 0 Å². The Hall–Kier alpha value is -0.990. The average molecular weight is 236 g/mol. The zero-order valence-electron chi connectivity index (χ0n) is 9.16. The van der Waals surface area contributed by atoms with E-state index in [0.29, 0.717) is 10.9 Å². The highest BCUT2D eigenvalue weighted by atomic mass is 35.5. The average Bonchev–Trinajstić information content (AvgIpc) is 2.97. The van der Waals surface area contributed by atoms with Crippen molar-refractivity contribution in [1.29, 1.82) is 0 Å². The van der Waals surface area contributed by atoms with Gasteiger partial charge in [-0.15, -0.1) is 0 Å². The molecule has 84 valence electrons. The molecule has 1 aliphatic rings. The summed E-state index contributed by atoms with van der Waals surface area (Å²) in [4.78, 5) is 0. The van der Waals surface area contributed by atoms with Crippen molar-refractivity contribution in [3.63, 3.8) is 0 Å². The van der Waals surface area contributed by atoms with Crippen LogP contribution in [0.15, 0.2) is 22.6 Å². The minimum absolute atomic E-state index is 0.0313. The molecule has 1 aromatic heterocycles. The second-order valence-corrected chi connectivity index (χ2v) is 5.08. The molecule has 2 aromatic rings. The highest BCUT2D eigenvalue weighted by Gasteiger charge is 2.31. The molecular formula is C13H14ClNO. The van der Waals surface area contributed by atoms with Gasteiger partial charge in [0, 0.05) is 5.39 Å². The van der Waals surface area contributed by atoms with Gasteiger partial charge in [-0.1, -0.05) is 11.6 Å². The van der Waals surface area contributed by atoms with E-state index < -0.39 is 0 Å². The van der Waals surface area contributed by atoms with Crippen LogP contribution in [0.3, 0.4) is 0 Å². The standard InChI is InChI=1S/C13H14ClNO/c1-7-4-9-6-11(12(15)8-2-3-8)16-13(9)10(14)5-7/h4-6,8,12H,2-3,15H2,1H3. The van der Waals surface area contributed by atoms with Gasteiger partial charge in [-0.05, 0) is 49.4 Å². The van der Waals surface area contributed by atoms with E-state index in [1.54, 1.807) is 0 Å². The van der Waals surface area contributed by atoms with Gasteiger partial charge in [0.05, 0.1) is 11.1 Å². The first-order valence-electron chi connectivity index (χ1n) is 5.60. The van der Waals surface area contributed by atoms with Crippen LogP contribution in [0.4, 0.5) is 0 Å². The van der Waals surface area contributed by atoms with Crippen molar-refractivity contribution >= 4 is 22.6 Å². The van der Waals surface area contributed by atoms with E-state index in [9.17, 15) is 0 Å². The van der Waals surface area contributed by atoms with E-state index in [1.165, 1.54) is 12.8 Å². The lowest BCUT2D eigenvalue weighted by Crippen LogP contribution is -2.10. The normalized spacial score (nSPS) is 17.9. The topological polar surface area (TPSA) is 39.2 Å². The number of hydrogen-bond acceptors (Lipinski definition) is 2. The monoisotopic (exact) mass is 235 g/mol. The molecule has 1 aromatic carbocycles. The smallest absolute Gasteiger partial charge is 0.152 e. The quantitative estimate of drug-likeness (QED) is 0.860. The van der Waals surface area contributed by atoms with E-state index in [-0.39, 0.29) is 6.04 Å². The van der Waals surface area contributed by atoms with Crippen molar-refractivity contribution in [2.45, 2.75) is 25.8 Å². The minimum Gasteiger partial charge on any atom is -0.458 e. The predicted octanol–water partition coefficient (Wildman–Crippen LogP) is 3.80. The van der Waals surface area contributed by atoms with E-state index in [1.807, 2.05) is 19.1 Å². The number of benzene rings is 1. The Labute approximate surface area is 99.4 Å². The number of aryl methyl sites for hydroxylation is 1. The third-order valence-corrected chi connectivity index (χ3v) is 3.47. The molecule has 1 unspecified atom stereocenters. The summed E-state index contributed by atoms with van der Waals surface area (Å²) in [6, 6.07) is 6.05. The van der Waals surface area contributed by atoms with Crippen LogP contribution >= 0.6 is 11.6 Å². The molecule has 0 spiro atoms. The summed E-state index contributed by atoms with van der Waals surface area (Å²) in [6.45, 7) is 2.03. The first-order valence-corrected chi connectivity index (χ1v) is 5.98. The first kappa shape index (κ1) is 10.2. The van der Waals surface area contributed by atoms with Crippen LogP contribution < -0.4 is 5.73 Å². The molecular weight excluding hydrogens is 222 g/mol. The molecule has 2 nitrogen and oxygen atoms in total. The molecule has 0 saturated heterocycles. The van der Waals surface area contributed by atoms with E-state index in [0.717, 1.165) is 22.3 Å². The van der Waals surface area contributed by atoms with Gasteiger partial charge in [0.2, 0.25) is 0 Å². The number of furan rings is 1. The Morgan fingerprint density at radius 1 is 1.38 bits per heavy atom. The summed E-state index contributed by atoms with van der Waals surface area (Å²) in [6.07, 6.45) is 2.43. The summed E-state index contributed by atoms with van der Waals surface area (Å²) in [7, 11) is 0. The van der Waals surface area contributed by atoms with Gasteiger partial charge < -0.3 is 10.2 Å². The van der Waals surface area contributed by atoms with Crippen molar-refractivity contribution in [3.8, 4) is 0 Å². The molecule has 1 saturated carbocycles. The fourth-order valence-electron chi connectivity index (χ4n) is 2.12. The number of fused-ring (bicyclic) bond motifs is 1. The van der Waals surface area contributed by atoms with Crippen LogP contribution in [-0.2, 0) is 0 Å². The molecule has 16 heavy (non-hydrogen) atoms. The maximum Gasteiger partial charge on any atom is 0.152 e. The Kier molecular flexibility index (Phi) is 2.23. The van der Waals surface area contributed by atoms with Crippen molar-refractivity contribution in [3.05, 3.63) is 34.5 Å². The number of hydrogen-bond donors (Lipinski definition) is 1. The van der Waals surface area contributed by atoms with E-state index in [2.05, 4.69) is 6.07 Å². The second kappa shape index (κ2) is 3.51. The van der Waals surface area contributed by atoms with Gasteiger partial charge in [0.25, 0.3) is 0 Å². The Morgan fingerprint density at radius 2 is 2.12 bits per heavy atom. The molecule has 1 aliphatic carbocycles. The third-order valence-electron chi connectivity index (χ3n) is 3.19. The van der Waals surface area contributed by atoms with E-state index >= 15 is 0 Å². The molecule has 0 bridgehead atoms. The molecule has 0 aliphatic heterocycles. The molecule has 1 atom stereocenters. The predicted molar refractivity (Wildman–Crippen MR) is 65.6 cm³/mol. The van der Waals surface area contributed by atoms with Crippen LogP contribution in [0.2, 0.25) is 5.02 Å². The molecule has 3 rings (SSSR count). The van der Waals surface area contributed by atoms with Crippen molar-refractivity contribution in [2.24, 2.45) is 11.7 Å². The largest absolute Gasteiger partial charge is 0.458 e. The molecule has 0 radical (unpaired) electrons. The summed E-state index contributed by atoms with van der Waals surface area (Å²) in [5, 5.41) is 1.72. The Balaban J connectivity index is 2.11. The van der Waals surface area contributed by atoms with Crippen LogP contribution in [0.25, 0.3) is 11.0 Å². The van der Waals surface area contributed by atoms with Crippen LogP contribution in [-0.4, -0.2) is 0 Å². The molecule has 3 heteroatoms. The summed E-state index contributed by atoms with van der Waals surface area (Å²) in [5.74, 6) is 1.46. The van der Waals surface area contributed by atoms with Crippen LogP contribution in [0.1, 0.15) is 30.2 Å². The Morgan fingerprint density at radius 3 is 2.81 bits per heavy atom. The highest BCUT2D eigenvalue weighted by molar-refractivity contribution is 6.34. The molecule has 1 heterocycles. The van der Waals surface area contributed by atoms with Crippen molar-refractivity contribution in [2.75, 3.05) is 0 Å². The van der Waals surface area contributed by atoms with Crippen molar-refractivity contribution in [1.82, 2.24) is 0 Å². The second-order valence-electron chi connectivity index (χ2n) is 4.68. The fraction of sp³-hybridized carbons (Fsp3) is 0.385. The van der Waals surface area contributed by atoms with Gasteiger partial charge >= 0.3 is 0 Å². The summed E-state index contributed by atoms with van der Waals surface area (Å²) < 4.78 is 5.76. The maximum atomic E-state index is 6.14. The third kappa shape index (κ3) is 1.62. The van der Waals surface area contributed by atoms with Crippen molar-refractivity contribution < 1.29 is 4.42 Å². The van der Waals surface area contributed by atoms with Gasteiger partial charge in [-0.3, -0.25) is 0 Å². The maximum absolute atomic E-state index is 6.14. The lowest BCUT2D eigenvalue weighted by atomic mass is 10.1. The van der Waals surface area contributed by atoms with E-state index in [4.69, 9.17) is 21.8 Å². The van der Waals surface area contributed by atoms with Gasteiger partial charge in [-0.25, -0.2) is 0 Å². The van der Waals surface area contributed by atoms with Crippen LogP contribution in [0, 0.1) is 12.8 Å². The SMILES string of the molecule is Cc1cc(Cl)c2oc(C(N)C3CC3)cc2c1. The lowest BCUT2D eigenvalue weighted by molar-refractivity contribution is 0.467. The Bertz CT molecular complexity index is 542. The zero-order valence-corrected chi connectivity index (χ0v) is 9.92. The molecule has 2 N–H and O–H groups in total. The molecule has 1 fully saturated rings. The number of nitrogens with two attached hydrogens (primary N) is 1. The first-order chi connectivity index (χ1) is 7.65. The van der Waals surface area contributed by atoms with Gasteiger partial charge in [0.15, 0.2) is 5.58 Å². The lowest BCUT2D eigenvalue weighted by Gasteiger charge is -2.04. The van der Waals surface area contributed by atoms with Gasteiger partial charge in [-0.2, -0.15) is 0 Å². The minimum atomic E-state index is 0.0313. The summed E-state index contributed by atoms with van der Waals surface area (Å²) in [5.41, 5.74) is 8.02. The summed E-state index contributed by atoms with van der Waals surface area (Å²) >= 11 is 6.14.